The third kappa shape index (κ3) is 6.22. The molecule has 4 N–H and O–H groups in total. The van der Waals surface area contributed by atoms with E-state index in [1.165, 1.54) is 0 Å². The molecule has 0 spiro atoms. The number of amides is 3. The number of carbonyl (C=O) groups excluding carboxylic acids is 3. The quantitative estimate of drug-likeness (QED) is 0.341. The average Bonchev–Trinajstić information content (AvgIpc) is 3.30. The fourth-order valence-corrected chi connectivity index (χ4v) is 4.82. The van der Waals surface area contributed by atoms with Crippen molar-refractivity contribution in [2.24, 2.45) is 7.05 Å². The first-order valence-corrected chi connectivity index (χ1v) is 13.2. The number of aromatic nitrogens is 2. The molecule has 9 heteroatoms. The van der Waals surface area contributed by atoms with Crippen LogP contribution in [0.2, 0.25) is 0 Å². The van der Waals surface area contributed by atoms with Gasteiger partial charge in [-0.15, -0.1) is 0 Å². The smallest absolute Gasteiger partial charge is 0.270 e. The van der Waals surface area contributed by atoms with Crippen molar-refractivity contribution < 1.29 is 14.4 Å². The number of hydrogen-bond donors (Lipinski definition) is 4. The molecule has 0 saturated carbocycles. The van der Waals surface area contributed by atoms with Crippen molar-refractivity contribution in [1.82, 2.24) is 31.0 Å². The molecule has 38 heavy (non-hydrogen) atoms. The Bertz CT molecular complexity index is 1310. The van der Waals surface area contributed by atoms with Crippen molar-refractivity contribution in [3.05, 3.63) is 65.5 Å². The number of hydrogen-bond acceptors (Lipinski definition) is 5. The van der Waals surface area contributed by atoms with Crippen LogP contribution in [0.4, 0.5) is 0 Å². The van der Waals surface area contributed by atoms with Gasteiger partial charge in [-0.2, -0.15) is 5.10 Å². The normalized spacial score (nSPS) is 15.2. The van der Waals surface area contributed by atoms with Gasteiger partial charge in [-0.1, -0.05) is 63.2 Å². The Morgan fingerprint density at radius 3 is 2.39 bits per heavy atom. The van der Waals surface area contributed by atoms with Crippen molar-refractivity contribution in [2.75, 3.05) is 26.2 Å². The molecule has 1 aliphatic rings. The number of carbonyl (C=O) groups is 3. The van der Waals surface area contributed by atoms with Gasteiger partial charge in [0, 0.05) is 25.6 Å². The molecule has 1 saturated heterocycles. The second kappa shape index (κ2) is 11.3. The average molecular weight is 519 g/mol. The molecule has 0 atom stereocenters. The number of piperidine rings is 1. The number of nitrogens with zero attached hydrogens (tertiary/aromatic N) is 2. The predicted octanol–water partition coefficient (Wildman–Crippen LogP) is 2.20. The summed E-state index contributed by atoms with van der Waals surface area (Å²) in [5, 5.41) is 18.7. The molecule has 4 rings (SSSR count). The van der Waals surface area contributed by atoms with Crippen molar-refractivity contribution in [3.8, 4) is 0 Å². The first-order valence-electron chi connectivity index (χ1n) is 13.2. The first kappa shape index (κ1) is 27.3. The minimum absolute atomic E-state index is 0.105. The van der Waals surface area contributed by atoms with Gasteiger partial charge in [-0.3, -0.25) is 19.1 Å². The second-order valence-electron chi connectivity index (χ2n) is 11.0. The van der Waals surface area contributed by atoms with Gasteiger partial charge in [0.2, 0.25) is 11.8 Å². The maximum absolute atomic E-state index is 13.3. The van der Waals surface area contributed by atoms with Crippen LogP contribution in [0.25, 0.3) is 10.8 Å². The van der Waals surface area contributed by atoms with Crippen LogP contribution >= 0.6 is 0 Å². The van der Waals surface area contributed by atoms with E-state index >= 15 is 0 Å². The van der Waals surface area contributed by atoms with E-state index in [1.807, 2.05) is 63.2 Å². The fourth-order valence-electron chi connectivity index (χ4n) is 4.82. The first-order chi connectivity index (χ1) is 18.1. The van der Waals surface area contributed by atoms with Crippen LogP contribution in [0.5, 0.6) is 0 Å². The van der Waals surface area contributed by atoms with E-state index in [-0.39, 0.29) is 36.1 Å². The summed E-state index contributed by atoms with van der Waals surface area (Å²) in [6.07, 6.45) is 1.21. The maximum atomic E-state index is 13.3. The van der Waals surface area contributed by atoms with Gasteiger partial charge in [0.05, 0.1) is 12.1 Å². The Hall–Kier alpha value is -3.72. The van der Waals surface area contributed by atoms with Crippen LogP contribution in [0, 0.1) is 0 Å². The topological polar surface area (TPSA) is 117 Å². The van der Waals surface area contributed by atoms with E-state index in [0.717, 1.165) is 22.0 Å². The van der Waals surface area contributed by atoms with Crippen molar-refractivity contribution in [1.29, 1.82) is 0 Å². The van der Waals surface area contributed by atoms with Crippen LogP contribution in [0.1, 0.15) is 55.4 Å². The SMILES string of the molecule is Cn1nc(C(C)(C)C)cc1C(=O)NC1(C(=O)NCCNC(=O)Cc2cccc3ccccc23)CCNCC1. The molecule has 202 valence electrons. The van der Waals surface area contributed by atoms with E-state index in [9.17, 15) is 14.4 Å². The van der Waals surface area contributed by atoms with Gasteiger partial charge in [-0.25, -0.2) is 0 Å². The van der Waals surface area contributed by atoms with Gasteiger partial charge in [0.25, 0.3) is 5.91 Å². The maximum Gasteiger partial charge on any atom is 0.270 e. The van der Waals surface area contributed by atoms with Gasteiger partial charge >= 0.3 is 0 Å². The Balaban J connectivity index is 1.33. The van der Waals surface area contributed by atoms with Crippen LogP contribution in [0.3, 0.4) is 0 Å². The van der Waals surface area contributed by atoms with E-state index in [1.54, 1.807) is 17.8 Å². The molecule has 3 aromatic rings. The molecule has 9 nitrogen and oxygen atoms in total. The molecule has 0 radical (unpaired) electrons. The highest BCUT2D eigenvalue weighted by Crippen LogP contribution is 2.23. The summed E-state index contributed by atoms with van der Waals surface area (Å²) in [4.78, 5) is 39.1. The number of rotatable bonds is 8. The standard InChI is InChI=1S/C29H38N6O3/c1-28(2,3)24-19-23(35(4)34-24)26(37)33-29(12-14-30-15-13-29)27(38)32-17-16-31-25(36)18-21-10-7-9-20-8-5-6-11-22(20)21/h5-11,19,30H,12-18H2,1-4H3,(H,31,36)(H,32,38)(H,33,37). The van der Waals surface area contributed by atoms with E-state index in [0.29, 0.717) is 38.2 Å². The molecular formula is C29H38N6O3. The van der Waals surface area contributed by atoms with Crippen LogP contribution in [-0.4, -0.2) is 59.2 Å². The number of benzene rings is 2. The Morgan fingerprint density at radius 2 is 1.68 bits per heavy atom. The van der Waals surface area contributed by atoms with Gasteiger partial charge in [-0.05, 0) is 48.3 Å². The lowest BCUT2D eigenvalue weighted by Gasteiger charge is -2.37. The van der Waals surface area contributed by atoms with Crippen LogP contribution in [-0.2, 0) is 28.5 Å². The van der Waals surface area contributed by atoms with Gasteiger partial charge < -0.3 is 21.3 Å². The van der Waals surface area contributed by atoms with Gasteiger partial charge in [0.1, 0.15) is 11.2 Å². The number of aryl methyl sites for hydroxylation is 1. The summed E-state index contributed by atoms with van der Waals surface area (Å²) >= 11 is 0. The Labute approximate surface area is 223 Å². The lowest BCUT2D eigenvalue weighted by atomic mass is 9.86. The highest BCUT2D eigenvalue weighted by Gasteiger charge is 2.41. The lowest BCUT2D eigenvalue weighted by Crippen LogP contribution is -2.63. The highest BCUT2D eigenvalue weighted by atomic mass is 16.2. The predicted molar refractivity (Wildman–Crippen MR) is 148 cm³/mol. The zero-order chi connectivity index (χ0) is 27.3. The van der Waals surface area contributed by atoms with E-state index < -0.39 is 5.54 Å². The lowest BCUT2D eigenvalue weighted by molar-refractivity contribution is -0.128. The van der Waals surface area contributed by atoms with Crippen LogP contribution in [0.15, 0.2) is 48.5 Å². The fraction of sp³-hybridized carbons (Fsp3) is 0.448. The van der Waals surface area contributed by atoms with Crippen LogP contribution < -0.4 is 21.3 Å². The molecule has 0 unspecified atom stereocenters. The summed E-state index contributed by atoms with van der Waals surface area (Å²) in [5.74, 6) is -0.670. The molecule has 0 aliphatic carbocycles. The summed E-state index contributed by atoms with van der Waals surface area (Å²) in [7, 11) is 1.74. The molecule has 1 fully saturated rings. The summed E-state index contributed by atoms with van der Waals surface area (Å²) in [6.45, 7) is 7.93. The molecular weight excluding hydrogens is 480 g/mol. The zero-order valence-corrected chi connectivity index (χ0v) is 22.7. The second-order valence-corrected chi connectivity index (χ2v) is 11.0. The molecule has 0 bridgehead atoms. The zero-order valence-electron chi connectivity index (χ0n) is 22.7. The largest absolute Gasteiger partial charge is 0.354 e. The molecule has 2 aromatic carbocycles. The number of nitrogens with one attached hydrogen (secondary N) is 4. The van der Waals surface area contributed by atoms with Gasteiger partial charge in [0.15, 0.2) is 0 Å². The summed E-state index contributed by atoms with van der Waals surface area (Å²) < 4.78 is 1.56. The monoisotopic (exact) mass is 518 g/mol. The Morgan fingerprint density at radius 1 is 1.00 bits per heavy atom. The number of fused-ring (bicyclic) bond motifs is 1. The molecule has 1 aliphatic heterocycles. The minimum Gasteiger partial charge on any atom is -0.354 e. The van der Waals surface area contributed by atoms with E-state index in [2.05, 4.69) is 26.4 Å². The minimum atomic E-state index is -1.03. The van der Waals surface area contributed by atoms with Crippen molar-refractivity contribution >= 4 is 28.5 Å². The molecule has 2 heterocycles. The molecule has 3 amide bonds. The summed E-state index contributed by atoms with van der Waals surface area (Å²) in [6, 6.07) is 15.7. The van der Waals surface area contributed by atoms with E-state index in [4.69, 9.17) is 0 Å². The third-order valence-electron chi connectivity index (χ3n) is 7.09. The third-order valence-corrected chi connectivity index (χ3v) is 7.09. The van der Waals surface area contributed by atoms with Crippen molar-refractivity contribution in [2.45, 2.75) is 51.0 Å². The van der Waals surface area contributed by atoms with Crippen molar-refractivity contribution in [3.63, 3.8) is 0 Å². The highest BCUT2D eigenvalue weighted by molar-refractivity contribution is 5.98. The summed E-state index contributed by atoms with van der Waals surface area (Å²) in [5.41, 5.74) is 0.972. The molecule has 1 aromatic heterocycles. The Kier molecular flexibility index (Phi) is 8.16.